The van der Waals surface area contributed by atoms with Gasteiger partial charge < -0.3 is 18.8 Å². The van der Waals surface area contributed by atoms with Gasteiger partial charge in [-0.1, -0.05) is 40.9 Å². The number of halogens is 2. The Hall–Kier alpha value is -3.29. The third-order valence-corrected chi connectivity index (χ3v) is 5.13. The topological polar surface area (TPSA) is 79.7 Å². The maximum Gasteiger partial charge on any atom is 0.425 e. The molecule has 158 valence electrons. The standard InChI is InChI=1S/C22H16Cl2N2O5/c1-13-2-5-19(29-11-14-3-4-15(23)9-18(14)24)16(8-13)17(10-26-7-6-25-12-26)22-30-20(27)21(28)31-22/h2-9,12H,10-11H2,1H3. The predicted molar refractivity (Wildman–Crippen MR) is 113 cm³/mol. The fourth-order valence-corrected chi connectivity index (χ4v) is 3.48. The summed E-state index contributed by atoms with van der Waals surface area (Å²) in [5.74, 6) is -1.82. The lowest BCUT2D eigenvalue weighted by Crippen LogP contribution is -2.06. The van der Waals surface area contributed by atoms with Crippen LogP contribution in [0.2, 0.25) is 10.0 Å². The number of imidazole rings is 1. The Labute approximate surface area is 187 Å². The molecule has 0 atom stereocenters. The van der Waals surface area contributed by atoms with E-state index in [1.165, 1.54) is 0 Å². The third kappa shape index (κ3) is 4.73. The summed E-state index contributed by atoms with van der Waals surface area (Å²) in [6.07, 6.45) is 4.96. The number of hydrogen-bond donors (Lipinski definition) is 0. The van der Waals surface area contributed by atoms with Crippen molar-refractivity contribution in [3.8, 4) is 5.75 Å². The largest absolute Gasteiger partial charge is 0.488 e. The molecule has 1 fully saturated rings. The fourth-order valence-electron chi connectivity index (χ4n) is 3.02. The van der Waals surface area contributed by atoms with Crippen LogP contribution < -0.4 is 4.74 Å². The third-order valence-electron chi connectivity index (χ3n) is 4.54. The van der Waals surface area contributed by atoms with E-state index in [1.54, 1.807) is 47.6 Å². The minimum atomic E-state index is -1.07. The molecule has 3 aromatic rings. The molecule has 1 aliphatic heterocycles. The number of rotatable bonds is 6. The molecule has 7 nitrogen and oxygen atoms in total. The first-order chi connectivity index (χ1) is 14.9. The van der Waals surface area contributed by atoms with E-state index in [1.807, 2.05) is 19.1 Å². The van der Waals surface area contributed by atoms with Crippen molar-refractivity contribution in [1.29, 1.82) is 0 Å². The summed E-state index contributed by atoms with van der Waals surface area (Å²) in [4.78, 5) is 27.3. The van der Waals surface area contributed by atoms with Crippen LogP contribution in [0.25, 0.3) is 5.57 Å². The van der Waals surface area contributed by atoms with Crippen molar-refractivity contribution in [3.63, 3.8) is 0 Å². The van der Waals surface area contributed by atoms with Gasteiger partial charge >= 0.3 is 17.9 Å². The summed E-state index contributed by atoms with van der Waals surface area (Å²) in [5.41, 5.74) is 2.75. The molecular formula is C22H16Cl2N2O5. The quantitative estimate of drug-likeness (QED) is 0.398. The highest BCUT2D eigenvalue weighted by atomic mass is 35.5. The second-order valence-corrected chi connectivity index (χ2v) is 7.65. The second-order valence-electron chi connectivity index (χ2n) is 6.80. The lowest BCUT2D eigenvalue weighted by Gasteiger charge is -2.16. The van der Waals surface area contributed by atoms with Crippen molar-refractivity contribution in [1.82, 2.24) is 9.55 Å². The van der Waals surface area contributed by atoms with Crippen LogP contribution in [0.4, 0.5) is 0 Å². The van der Waals surface area contributed by atoms with Crippen molar-refractivity contribution in [2.45, 2.75) is 20.1 Å². The minimum absolute atomic E-state index is 0.177. The second kappa shape index (κ2) is 8.83. The Bertz CT molecular complexity index is 1170. The van der Waals surface area contributed by atoms with Gasteiger partial charge in [0.25, 0.3) is 0 Å². The number of esters is 2. The summed E-state index contributed by atoms with van der Waals surface area (Å²) < 4.78 is 17.9. The van der Waals surface area contributed by atoms with Crippen LogP contribution in [-0.2, 0) is 32.2 Å². The van der Waals surface area contributed by atoms with E-state index in [4.69, 9.17) is 37.4 Å². The van der Waals surface area contributed by atoms with E-state index >= 15 is 0 Å². The highest BCUT2D eigenvalue weighted by Crippen LogP contribution is 2.34. The van der Waals surface area contributed by atoms with Gasteiger partial charge in [0.2, 0.25) is 0 Å². The molecule has 1 aliphatic rings. The molecule has 0 aliphatic carbocycles. The van der Waals surface area contributed by atoms with Gasteiger partial charge in [-0.25, -0.2) is 14.6 Å². The van der Waals surface area contributed by atoms with E-state index in [0.29, 0.717) is 26.9 Å². The highest BCUT2D eigenvalue weighted by molar-refractivity contribution is 6.35. The molecule has 31 heavy (non-hydrogen) atoms. The number of nitrogens with zero attached hydrogens (tertiary/aromatic N) is 2. The molecule has 1 saturated heterocycles. The van der Waals surface area contributed by atoms with Gasteiger partial charge in [0.05, 0.1) is 18.4 Å². The Kier molecular flexibility index (Phi) is 5.97. The summed E-state index contributed by atoms with van der Waals surface area (Å²) in [6, 6.07) is 10.7. The Morgan fingerprint density at radius 1 is 1.10 bits per heavy atom. The molecule has 0 unspecified atom stereocenters. The number of aromatic nitrogens is 2. The summed E-state index contributed by atoms with van der Waals surface area (Å²) in [5, 5.41) is 1.01. The average Bonchev–Trinajstić information content (AvgIpc) is 3.36. The molecule has 0 saturated carbocycles. The SMILES string of the molecule is Cc1ccc(OCc2ccc(Cl)cc2Cl)c(C(Cn2ccnc2)=C2OC(=O)C(=O)O2)c1. The number of allylic oxidation sites excluding steroid dienone is 1. The molecule has 1 aromatic heterocycles. The van der Waals surface area contributed by atoms with Crippen molar-refractivity contribution in [3.05, 3.63) is 87.8 Å². The molecular weight excluding hydrogens is 443 g/mol. The lowest BCUT2D eigenvalue weighted by atomic mass is 10.0. The number of ether oxygens (including phenoxy) is 3. The molecule has 4 rings (SSSR count). The van der Waals surface area contributed by atoms with Gasteiger partial charge in [0.15, 0.2) is 0 Å². The van der Waals surface area contributed by atoms with Gasteiger partial charge in [-0.3, -0.25) is 0 Å². The summed E-state index contributed by atoms with van der Waals surface area (Å²) >= 11 is 12.2. The van der Waals surface area contributed by atoms with Crippen LogP contribution in [0.3, 0.4) is 0 Å². The smallest absolute Gasteiger partial charge is 0.425 e. The summed E-state index contributed by atoms with van der Waals surface area (Å²) in [7, 11) is 0. The first-order valence-corrected chi connectivity index (χ1v) is 9.97. The molecule has 2 heterocycles. The van der Waals surface area contributed by atoms with E-state index < -0.39 is 11.9 Å². The molecule has 0 N–H and O–H groups in total. The maximum atomic E-state index is 11.6. The van der Waals surface area contributed by atoms with E-state index in [-0.39, 0.29) is 19.1 Å². The maximum absolute atomic E-state index is 11.6. The minimum Gasteiger partial charge on any atom is -0.488 e. The van der Waals surface area contributed by atoms with Crippen LogP contribution in [0.15, 0.2) is 61.1 Å². The van der Waals surface area contributed by atoms with Gasteiger partial charge in [-0.15, -0.1) is 0 Å². The van der Waals surface area contributed by atoms with Gasteiger partial charge in [0.1, 0.15) is 12.4 Å². The monoisotopic (exact) mass is 458 g/mol. The van der Waals surface area contributed by atoms with Crippen LogP contribution in [-0.4, -0.2) is 21.5 Å². The van der Waals surface area contributed by atoms with Gasteiger partial charge in [-0.2, -0.15) is 0 Å². The molecule has 0 bridgehead atoms. The number of aryl methyl sites for hydroxylation is 1. The number of cyclic esters (lactones) is 2. The van der Waals surface area contributed by atoms with Gasteiger partial charge in [0, 0.05) is 33.6 Å². The Morgan fingerprint density at radius 2 is 1.87 bits per heavy atom. The van der Waals surface area contributed by atoms with Crippen LogP contribution in [0.1, 0.15) is 16.7 Å². The van der Waals surface area contributed by atoms with Crippen molar-refractivity contribution in [2.75, 3.05) is 0 Å². The van der Waals surface area contributed by atoms with E-state index in [2.05, 4.69) is 4.98 Å². The highest BCUT2D eigenvalue weighted by Gasteiger charge is 2.34. The molecule has 2 aromatic carbocycles. The van der Waals surface area contributed by atoms with Crippen LogP contribution in [0, 0.1) is 6.92 Å². The van der Waals surface area contributed by atoms with Crippen molar-refractivity contribution >= 4 is 40.7 Å². The molecule has 9 heteroatoms. The van der Waals surface area contributed by atoms with Gasteiger partial charge in [-0.05, 0) is 31.2 Å². The zero-order chi connectivity index (χ0) is 22.0. The number of carbonyl (C=O) groups excluding carboxylic acids is 2. The van der Waals surface area contributed by atoms with E-state index in [0.717, 1.165) is 11.1 Å². The van der Waals surface area contributed by atoms with Crippen LogP contribution >= 0.6 is 23.2 Å². The van der Waals surface area contributed by atoms with Crippen LogP contribution in [0.5, 0.6) is 5.75 Å². The average molecular weight is 459 g/mol. The number of hydrogen-bond acceptors (Lipinski definition) is 6. The number of benzene rings is 2. The normalized spacial score (nSPS) is 13.2. The fraction of sp³-hybridized carbons (Fsp3) is 0.136. The first-order valence-electron chi connectivity index (χ1n) is 9.21. The predicted octanol–water partition coefficient (Wildman–Crippen LogP) is 4.55. The van der Waals surface area contributed by atoms with Crippen molar-refractivity contribution in [2.24, 2.45) is 0 Å². The Morgan fingerprint density at radius 3 is 2.55 bits per heavy atom. The van der Waals surface area contributed by atoms with E-state index in [9.17, 15) is 9.59 Å². The Balaban J connectivity index is 1.72. The molecule has 0 spiro atoms. The summed E-state index contributed by atoms with van der Waals surface area (Å²) in [6.45, 7) is 2.33. The first kappa shape index (κ1) is 21.0. The lowest BCUT2D eigenvalue weighted by molar-refractivity contribution is -0.150. The molecule has 0 amide bonds. The van der Waals surface area contributed by atoms with Crippen molar-refractivity contribution < 1.29 is 23.8 Å². The zero-order valence-corrected chi connectivity index (χ0v) is 17.8. The molecule has 0 radical (unpaired) electrons. The zero-order valence-electron chi connectivity index (χ0n) is 16.3. The number of carbonyl (C=O) groups is 2.